The highest BCUT2D eigenvalue weighted by atomic mass is 35.5. The van der Waals surface area contributed by atoms with E-state index in [9.17, 15) is 0 Å². The molecule has 1 atom stereocenters. The normalized spacial score (nSPS) is 16.1. The number of piperazine rings is 1. The number of fused-ring (bicyclic) bond motifs is 1. The molecule has 0 bridgehead atoms. The van der Waals surface area contributed by atoms with Crippen molar-refractivity contribution in [2.24, 2.45) is 0 Å². The van der Waals surface area contributed by atoms with Gasteiger partial charge in [-0.1, -0.05) is 48.0 Å². The summed E-state index contributed by atoms with van der Waals surface area (Å²) in [4.78, 5) is 9.02. The molecule has 1 aliphatic rings. The van der Waals surface area contributed by atoms with Crippen molar-refractivity contribution in [3.63, 3.8) is 0 Å². The van der Waals surface area contributed by atoms with Gasteiger partial charge in [-0.3, -0.25) is 0 Å². The highest BCUT2D eigenvalue weighted by Gasteiger charge is 2.27. The summed E-state index contributed by atoms with van der Waals surface area (Å²) in [5, 5.41) is 21.1. The maximum absolute atomic E-state index is 9.03. The number of nitrogens with zero attached hydrogens (tertiary/aromatic N) is 6. The van der Waals surface area contributed by atoms with Crippen LogP contribution in [0.25, 0.3) is 10.8 Å². The molecular weight excluding hydrogens is 432 g/mol. The van der Waals surface area contributed by atoms with Crippen LogP contribution in [0.2, 0.25) is 5.02 Å². The Balaban J connectivity index is 1.43. The zero-order valence-corrected chi connectivity index (χ0v) is 19.1. The van der Waals surface area contributed by atoms with Gasteiger partial charge >= 0.3 is 0 Å². The van der Waals surface area contributed by atoms with Crippen LogP contribution in [0.4, 0.5) is 11.6 Å². The summed E-state index contributed by atoms with van der Waals surface area (Å²) in [6.45, 7) is 4.56. The van der Waals surface area contributed by atoms with Gasteiger partial charge in [0.15, 0.2) is 5.82 Å². The van der Waals surface area contributed by atoms with Gasteiger partial charge in [0, 0.05) is 54.1 Å². The lowest BCUT2D eigenvalue weighted by Crippen LogP contribution is -2.52. The molecule has 1 aliphatic heterocycles. The molecule has 0 unspecified atom stereocenters. The van der Waals surface area contributed by atoms with Gasteiger partial charge < -0.3 is 9.80 Å². The van der Waals surface area contributed by atoms with Gasteiger partial charge in [-0.2, -0.15) is 10.4 Å². The quantitative estimate of drug-likeness (QED) is 0.438. The Morgan fingerprint density at radius 2 is 1.88 bits per heavy atom. The van der Waals surface area contributed by atoms with Crippen LogP contribution in [-0.2, 0) is 6.42 Å². The first-order valence-corrected chi connectivity index (χ1v) is 11.4. The maximum atomic E-state index is 9.03. The number of halogens is 1. The third-order valence-corrected chi connectivity index (χ3v) is 6.35. The minimum atomic E-state index is 0.221. The first kappa shape index (κ1) is 21.2. The van der Waals surface area contributed by atoms with E-state index in [4.69, 9.17) is 16.9 Å². The average Bonchev–Trinajstić information content (AvgIpc) is 2.85. The van der Waals surface area contributed by atoms with Crippen LogP contribution in [0.1, 0.15) is 23.7 Å². The van der Waals surface area contributed by atoms with E-state index in [1.807, 2.05) is 42.5 Å². The lowest BCUT2D eigenvalue weighted by Gasteiger charge is -2.41. The van der Waals surface area contributed by atoms with Gasteiger partial charge in [0.05, 0.1) is 11.3 Å². The second-order valence-corrected chi connectivity index (χ2v) is 8.76. The SMILES string of the molecule is C[C@@H]1CN(c2nnc(Cc3ccccc3)c3ccc(Cl)cc23)CCN1c1ccc(C#N)cn1. The third-order valence-electron chi connectivity index (χ3n) is 6.11. The van der Waals surface area contributed by atoms with Gasteiger partial charge in [0.1, 0.15) is 11.9 Å². The lowest BCUT2D eigenvalue weighted by atomic mass is 10.0. The van der Waals surface area contributed by atoms with E-state index < -0.39 is 0 Å². The fourth-order valence-corrected chi connectivity index (χ4v) is 4.61. The van der Waals surface area contributed by atoms with Crippen LogP contribution in [0.3, 0.4) is 0 Å². The summed E-state index contributed by atoms with van der Waals surface area (Å²) in [5.41, 5.74) is 2.72. The fraction of sp³-hybridized carbons (Fsp3) is 0.231. The predicted octanol–water partition coefficient (Wildman–Crippen LogP) is 4.86. The molecule has 0 aliphatic carbocycles. The standard InChI is InChI=1S/C26H23ClN6/c1-18-17-32(11-12-33(18)25-10-7-20(15-28)16-29-25)26-23-14-21(27)8-9-22(23)24(30-31-26)13-19-5-3-2-4-6-19/h2-10,14,16,18H,11-13,17H2,1H3/t18-/m1/s1. The minimum Gasteiger partial charge on any atom is -0.351 e. The molecule has 1 fully saturated rings. The van der Waals surface area contributed by atoms with Crippen molar-refractivity contribution in [1.82, 2.24) is 15.2 Å². The summed E-state index contributed by atoms with van der Waals surface area (Å²) < 4.78 is 0. The number of benzene rings is 2. The second-order valence-electron chi connectivity index (χ2n) is 8.33. The molecule has 1 saturated heterocycles. The molecule has 7 heteroatoms. The molecule has 3 heterocycles. The number of aromatic nitrogens is 3. The van der Waals surface area contributed by atoms with Gasteiger partial charge in [0.25, 0.3) is 0 Å². The minimum absolute atomic E-state index is 0.221. The summed E-state index contributed by atoms with van der Waals surface area (Å²) in [7, 11) is 0. The molecule has 6 nitrogen and oxygen atoms in total. The van der Waals surface area contributed by atoms with E-state index in [0.29, 0.717) is 10.6 Å². The zero-order chi connectivity index (χ0) is 22.8. The van der Waals surface area contributed by atoms with E-state index >= 15 is 0 Å². The molecule has 0 saturated carbocycles. The highest BCUT2D eigenvalue weighted by Crippen LogP contribution is 2.31. The number of nitriles is 1. The first-order chi connectivity index (χ1) is 16.1. The number of hydrogen-bond donors (Lipinski definition) is 0. The van der Waals surface area contributed by atoms with Crippen LogP contribution in [0, 0.1) is 11.3 Å². The summed E-state index contributed by atoms with van der Waals surface area (Å²) in [6, 6.07) is 22.3. The molecule has 33 heavy (non-hydrogen) atoms. The van der Waals surface area contributed by atoms with Crippen LogP contribution >= 0.6 is 11.6 Å². The average molecular weight is 455 g/mol. The van der Waals surface area contributed by atoms with Crippen molar-refractivity contribution in [2.45, 2.75) is 19.4 Å². The predicted molar refractivity (Wildman–Crippen MR) is 132 cm³/mol. The van der Waals surface area contributed by atoms with Gasteiger partial charge in [-0.05, 0) is 36.8 Å². The Labute approximate surface area is 198 Å². The van der Waals surface area contributed by atoms with Crippen molar-refractivity contribution >= 4 is 34.0 Å². The van der Waals surface area contributed by atoms with Crippen LogP contribution in [-0.4, -0.2) is 40.9 Å². The Hall–Kier alpha value is -3.69. The largest absolute Gasteiger partial charge is 0.351 e. The maximum Gasteiger partial charge on any atom is 0.159 e. The van der Waals surface area contributed by atoms with Crippen LogP contribution in [0.15, 0.2) is 66.9 Å². The fourth-order valence-electron chi connectivity index (χ4n) is 4.43. The molecule has 0 amide bonds. The van der Waals surface area contributed by atoms with Crippen molar-refractivity contribution in [3.8, 4) is 6.07 Å². The van der Waals surface area contributed by atoms with E-state index in [1.54, 1.807) is 6.20 Å². The van der Waals surface area contributed by atoms with Crippen molar-refractivity contribution in [3.05, 3.63) is 88.7 Å². The van der Waals surface area contributed by atoms with E-state index in [0.717, 1.165) is 54.2 Å². The third kappa shape index (κ3) is 4.33. The van der Waals surface area contributed by atoms with Crippen molar-refractivity contribution in [1.29, 1.82) is 5.26 Å². The molecule has 4 aromatic rings. The molecule has 2 aromatic carbocycles. The second kappa shape index (κ2) is 9.05. The Kier molecular flexibility index (Phi) is 5.80. The number of anilines is 2. The number of rotatable bonds is 4. The Bertz CT molecular complexity index is 1320. The first-order valence-electron chi connectivity index (χ1n) is 11.0. The van der Waals surface area contributed by atoms with Crippen molar-refractivity contribution < 1.29 is 0 Å². The molecule has 0 N–H and O–H groups in total. The van der Waals surface area contributed by atoms with Crippen LogP contribution < -0.4 is 9.80 Å². The van der Waals surface area contributed by atoms with E-state index in [1.165, 1.54) is 5.56 Å². The summed E-state index contributed by atoms with van der Waals surface area (Å²) in [5.74, 6) is 1.75. The molecular formula is C26H23ClN6. The molecule has 5 rings (SSSR count). The number of pyridine rings is 1. The Morgan fingerprint density at radius 1 is 1.03 bits per heavy atom. The molecule has 0 radical (unpaired) electrons. The smallest absolute Gasteiger partial charge is 0.159 e. The zero-order valence-electron chi connectivity index (χ0n) is 18.3. The summed E-state index contributed by atoms with van der Waals surface area (Å²) >= 11 is 6.39. The molecule has 0 spiro atoms. The van der Waals surface area contributed by atoms with Gasteiger partial charge in [-0.15, -0.1) is 5.10 Å². The van der Waals surface area contributed by atoms with E-state index in [2.05, 4.69) is 56.2 Å². The number of hydrogen-bond acceptors (Lipinski definition) is 6. The molecule has 164 valence electrons. The van der Waals surface area contributed by atoms with Gasteiger partial charge in [0.2, 0.25) is 0 Å². The highest BCUT2D eigenvalue weighted by molar-refractivity contribution is 6.31. The van der Waals surface area contributed by atoms with E-state index in [-0.39, 0.29) is 6.04 Å². The monoisotopic (exact) mass is 454 g/mol. The van der Waals surface area contributed by atoms with Gasteiger partial charge in [-0.25, -0.2) is 4.98 Å². The van der Waals surface area contributed by atoms with Crippen LogP contribution in [0.5, 0.6) is 0 Å². The lowest BCUT2D eigenvalue weighted by molar-refractivity contribution is 0.542. The molecule has 2 aromatic heterocycles. The Morgan fingerprint density at radius 3 is 2.61 bits per heavy atom. The van der Waals surface area contributed by atoms with Crippen molar-refractivity contribution in [2.75, 3.05) is 29.4 Å². The topological polar surface area (TPSA) is 68.9 Å². The summed E-state index contributed by atoms with van der Waals surface area (Å²) in [6.07, 6.45) is 2.35.